The third-order valence-electron chi connectivity index (χ3n) is 2.67. The summed E-state index contributed by atoms with van der Waals surface area (Å²) in [5, 5.41) is 0. The molecule has 0 saturated carbocycles. The Bertz CT molecular complexity index is 686. The van der Waals surface area contributed by atoms with Crippen molar-refractivity contribution < 1.29 is 9.13 Å². The number of nitrogens with two attached hydrogens (primary N) is 1. The smallest absolute Gasteiger partial charge is 0.148 e. The largest absolute Gasteiger partial charge is 0.486 e. The molecule has 21 heavy (non-hydrogen) atoms. The van der Waals surface area contributed by atoms with E-state index in [0.717, 1.165) is 13.4 Å². The summed E-state index contributed by atoms with van der Waals surface area (Å²) in [6.07, 6.45) is 0. The molecule has 0 unspecified atom stereocenters. The molecule has 0 radical (unpaired) electrons. The molecule has 0 saturated heterocycles. The van der Waals surface area contributed by atoms with Crippen LogP contribution in [0, 0.1) is 5.82 Å². The van der Waals surface area contributed by atoms with Crippen LogP contribution in [0.2, 0.25) is 0 Å². The first-order valence-corrected chi connectivity index (χ1v) is 8.53. The van der Waals surface area contributed by atoms with Gasteiger partial charge in [-0.05, 0) is 62.2 Å². The van der Waals surface area contributed by atoms with Crippen LogP contribution in [-0.4, -0.2) is 4.99 Å². The van der Waals surface area contributed by atoms with E-state index >= 15 is 0 Å². The number of hydrogen-bond donors (Lipinski definition) is 1. The summed E-state index contributed by atoms with van der Waals surface area (Å²) < 4.78 is 21.9. The van der Waals surface area contributed by atoms with Crippen LogP contribution in [0.15, 0.2) is 43.7 Å². The molecule has 0 fully saturated rings. The minimum absolute atomic E-state index is 0.0706. The fraction of sp³-hybridized carbons (Fsp3) is 0.0714. The van der Waals surface area contributed by atoms with E-state index in [1.54, 1.807) is 12.1 Å². The summed E-state index contributed by atoms with van der Waals surface area (Å²) in [6.45, 7) is 0.0706. The van der Waals surface area contributed by atoms with Gasteiger partial charge in [-0.2, -0.15) is 0 Å². The highest BCUT2D eigenvalue weighted by atomic mass is 79.9. The molecule has 0 aliphatic carbocycles. The van der Waals surface area contributed by atoms with Crippen molar-refractivity contribution in [1.82, 2.24) is 0 Å². The molecule has 0 bridgehead atoms. The Balaban J connectivity index is 2.24. The van der Waals surface area contributed by atoms with Crippen molar-refractivity contribution in [3.8, 4) is 5.75 Å². The van der Waals surface area contributed by atoms with Gasteiger partial charge in [0, 0.05) is 15.6 Å². The molecular formula is C14H9Br3FNOS. The Labute approximate surface area is 152 Å². The van der Waals surface area contributed by atoms with E-state index in [9.17, 15) is 4.39 Å². The first-order chi connectivity index (χ1) is 9.88. The fourth-order valence-electron chi connectivity index (χ4n) is 1.66. The monoisotopic (exact) mass is 495 g/mol. The molecule has 2 N–H and O–H groups in total. The van der Waals surface area contributed by atoms with E-state index < -0.39 is 0 Å². The van der Waals surface area contributed by atoms with Crippen LogP contribution >= 0.6 is 60.0 Å². The predicted octanol–water partition coefficient (Wildman–Crippen LogP) is 5.33. The number of ether oxygens (including phenoxy) is 1. The van der Waals surface area contributed by atoms with Crippen molar-refractivity contribution in [2.45, 2.75) is 6.61 Å². The molecule has 2 aromatic carbocycles. The van der Waals surface area contributed by atoms with E-state index in [1.807, 2.05) is 12.1 Å². The highest BCUT2D eigenvalue weighted by Gasteiger charge is 2.11. The van der Waals surface area contributed by atoms with Gasteiger partial charge in [-0.3, -0.25) is 0 Å². The van der Waals surface area contributed by atoms with Crippen LogP contribution in [0.3, 0.4) is 0 Å². The second kappa shape index (κ2) is 7.17. The molecule has 0 spiro atoms. The van der Waals surface area contributed by atoms with Crippen molar-refractivity contribution in [2.24, 2.45) is 5.73 Å². The quantitative estimate of drug-likeness (QED) is 0.580. The first kappa shape index (κ1) is 16.9. The van der Waals surface area contributed by atoms with Crippen molar-refractivity contribution in [3.05, 3.63) is 60.7 Å². The molecule has 0 aliphatic heterocycles. The van der Waals surface area contributed by atoms with Gasteiger partial charge in [0.05, 0.1) is 8.95 Å². The maximum Gasteiger partial charge on any atom is 0.148 e. The Morgan fingerprint density at radius 2 is 1.76 bits per heavy atom. The van der Waals surface area contributed by atoms with E-state index in [1.165, 1.54) is 6.07 Å². The third kappa shape index (κ3) is 4.25. The van der Waals surface area contributed by atoms with E-state index in [4.69, 9.17) is 22.7 Å². The summed E-state index contributed by atoms with van der Waals surface area (Å²) in [5.41, 5.74) is 6.55. The number of halogens is 4. The maximum absolute atomic E-state index is 13.8. The molecule has 0 aromatic heterocycles. The number of thiocarbonyl (C=S) groups is 1. The SMILES string of the molecule is NC(=S)c1ccc(F)c(COc2c(Br)cc(Br)cc2Br)c1. The molecule has 2 nitrogen and oxygen atoms in total. The zero-order valence-electron chi connectivity index (χ0n) is 10.5. The first-order valence-electron chi connectivity index (χ1n) is 5.74. The van der Waals surface area contributed by atoms with Gasteiger partial charge >= 0.3 is 0 Å². The molecule has 0 atom stereocenters. The van der Waals surface area contributed by atoms with Crippen molar-refractivity contribution in [3.63, 3.8) is 0 Å². The average Bonchev–Trinajstić information content (AvgIpc) is 2.39. The maximum atomic E-state index is 13.8. The number of benzene rings is 2. The Morgan fingerprint density at radius 3 is 2.33 bits per heavy atom. The lowest BCUT2D eigenvalue weighted by atomic mass is 10.1. The van der Waals surface area contributed by atoms with Crippen LogP contribution in [0.4, 0.5) is 4.39 Å². The molecular weight excluding hydrogens is 489 g/mol. The lowest BCUT2D eigenvalue weighted by Crippen LogP contribution is -2.11. The molecule has 7 heteroatoms. The minimum atomic E-state index is -0.362. The molecule has 2 rings (SSSR count). The Morgan fingerprint density at radius 1 is 1.14 bits per heavy atom. The van der Waals surface area contributed by atoms with Gasteiger partial charge in [0.15, 0.2) is 0 Å². The second-order valence-corrected chi connectivity index (χ2v) is 7.22. The van der Waals surface area contributed by atoms with Gasteiger partial charge < -0.3 is 10.5 Å². The number of hydrogen-bond acceptors (Lipinski definition) is 2. The topological polar surface area (TPSA) is 35.2 Å². The summed E-state index contributed by atoms with van der Waals surface area (Å²) in [6, 6.07) is 8.17. The lowest BCUT2D eigenvalue weighted by molar-refractivity contribution is 0.296. The Kier molecular flexibility index (Phi) is 5.76. The van der Waals surface area contributed by atoms with Gasteiger partial charge in [0.1, 0.15) is 23.2 Å². The van der Waals surface area contributed by atoms with E-state index in [-0.39, 0.29) is 17.4 Å². The van der Waals surface area contributed by atoms with Gasteiger partial charge in [-0.1, -0.05) is 28.1 Å². The van der Waals surface area contributed by atoms with Crippen LogP contribution in [0.25, 0.3) is 0 Å². The van der Waals surface area contributed by atoms with Gasteiger partial charge in [0.25, 0.3) is 0 Å². The van der Waals surface area contributed by atoms with Crippen LogP contribution in [0.1, 0.15) is 11.1 Å². The third-order valence-corrected chi connectivity index (χ3v) is 4.54. The zero-order valence-corrected chi connectivity index (χ0v) is 16.1. The van der Waals surface area contributed by atoms with Gasteiger partial charge in [0.2, 0.25) is 0 Å². The fourth-order valence-corrected chi connectivity index (χ4v) is 4.27. The van der Waals surface area contributed by atoms with Gasteiger partial charge in [-0.25, -0.2) is 4.39 Å². The average molecular weight is 498 g/mol. The molecule has 0 heterocycles. The van der Waals surface area contributed by atoms with Crippen LogP contribution in [-0.2, 0) is 6.61 Å². The summed E-state index contributed by atoms with van der Waals surface area (Å²) in [5.74, 6) is 0.234. The molecule has 0 amide bonds. The molecule has 0 aliphatic rings. The van der Waals surface area contributed by atoms with Gasteiger partial charge in [-0.15, -0.1) is 0 Å². The lowest BCUT2D eigenvalue weighted by Gasteiger charge is -2.12. The summed E-state index contributed by atoms with van der Waals surface area (Å²) in [7, 11) is 0. The van der Waals surface area contributed by atoms with Crippen molar-refractivity contribution in [1.29, 1.82) is 0 Å². The zero-order chi connectivity index (χ0) is 15.6. The second-order valence-electron chi connectivity index (χ2n) is 4.16. The number of rotatable bonds is 4. The van der Waals surface area contributed by atoms with Crippen molar-refractivity contribution >= 4 is 65.0 Å². The highest BCUT2D eigenvalue weighted by Crippen LogP contribution is 2.37. The highest BCUT2D eigenvalue weighted by molar-refractivity contribution is 9.11. The minimum Gasteiger partial charge on any atom is -0.486 e. The summed E-state index contributed by atoms with van der Waals surface area (Å²) >= 11 is 15.1. The molecule has 2 aromatic rings. The van der Waals surface area contributed by atoms with Crippen LogP contribution < -0.4 is 10.5 Å². The normalized spacial score (nSPS) is 10.5. The standard InChI is InChI=1S/C14H9Br3FNOS/c15-9-4-10(16)13(11(17)5-9)20-6-8-3-7(14(19)21)1-2-12(8)18/h1-5H,6H2,(H2,19,21). The van der Waals surface area contributed by atoms with E-state index in [0.29, 0.717) is 16.9 Å². The van der Waals surface area contributed by atoms with Crippen molar-refractivity contribution in [2.75, 3.05) is 0 Å². The Hall–Kier alpha value is -0.500. The predicted molar refractivity (Wildman–Crippen MR) is 96.2 cm³/mol. The summed E-state index contributed by atoms with van der Waals surface area (Å²) in [4.78, 5) is 0.224. The van der Waals surface area contributed by atoms with Crippen LogP contribution in [0.5, 0.6) is 5.75 Å². The molecule has 110 valence electrons. The van der Waals surface area contributed by atoms with E-state index in [2.05, 4.69) is 47.8 Å².